The van der Waals surface area contributed by atoms with Crippen molar-refractivity contribution in [1.82, 2.24) is 5.32 Å². The van der Waals surface area contributed by atoms with E-state index in [-0.39, 0.29) is 5.41 Å². The Morgan fingerprint density at radius 1 is 1.35 bits per heavy atom. The minimum atomic E-state index is -0.781. The summed E-state index contributed by atoms with van der Waals surface area (Å²) < 4.78 is 0. The Bertz CT molecular complexity index is 861. The van der Waals surface area contributed by atoms with Crippen LogP contribution in [-0.4, -0.2) is 18.1 Å². The standard InChI is InChI=1S/C22H27NO2S/c1-22(2)9-8-18-17(11-22)19(21(24)25)20(26-18)16-7-6-14(13-4-5-13)10-15(16)12-23-3/h6-7,10,13,23H,4-5,8-9,11-12H2,1-3H3,(H,24,25). The lowest BCUT2D eigenvalue weighted by atomic mass is 9.76. The highest BCUT2D eigenvalue weighted by Crippen LogP contribution is 2.47. The number of nitrogens with one attached hydrogen (secondary N) is 1. The van der Waals surface area contributed by atoms with Gasteiger partial charge in [0.05, 0.1) is 5.56 Å². The van der Waals surface area contributed by atoms with Crippen LogP contribution in [0.4, 0.5) is 0 Å². The van der Waals surface area contributed by atoms with Crippen LogP contribution in [0.2, 0.25) is 0 Å². The number of carboxylic acids is 1. The van der Waals surface area contributed by atoms with Crippen LogP contribution < -0.4 is 5.32 Å². The third-order valence-electron chi connectivity index (χ3n) is 5.78. The van der Waals surface area contributed by atoms with Gasteiger partial charge < -0.3 is 10.4 Å². The van der Waals surface area contributed by atoms with Crippen molar-refractivity contribution >= 4 is 17.3 Å². The van der Waals surface area contributed by atoms with Crippen LogP contribution in [0.15, 0.2) is 18.2 Å². The second-order valence-corrected chi connectivity index (χ2v) is 9.68. The fourth-order valence-corrected chi connectivity index (χ4v) is 5.55. The summed E-state index contributed by atoms with van der Waals surface area (Å²) in [5.41, 5.74) is 5.53. The van der Waals surface area contributed by atoms with Crippen molar-refractivity contribution in [3.05, 3.63) is 45.3 Å². The first-order valence-electron chi connectivity index (χ1n) is 9.55. The summed E-state index contributed by atoms with van der Waals surface area (Å²) in [5.74, 6) is -0.0761. The topological polar surface area (TPSA) is 49.3 Å². The highest BCUT2D eigenvalue weighted by atomic mass is 32.1. The molecular formula is C22H27NO2S. The molecule has 2 N–H and O–H groups in total. The summed E-state index contributed by atoms with van der Waals surface area (Å²) >= 11 is 1.71. The second-order valence-electron chi connectivity index (χ2n) is 8.58. The van der Waals surface area contributed by atoms with Gasteiger partial charge in [-0.2, -0.15) is 0 Å². The molecule has 0 spiro atoms. The van der Waals surface area contributed by atoms with Crippen molar-refractivity contribution < 1.29 is 9.90 Å². The van der Waals surface area contributed by atoms with E-state index >= 15 is 0 Å². The van der Waals surface area contributed by atoms with Gasteiger partial charge in [0.15, 0.2) is 0 Å². The maximum Gasteiger partial charge on any atom is 0.337 e. The number of thiophene rings is 1. The molecule has 0 unspecified atom stereocenters. The summed E-state index contributed by atoms with van der Waals surface area (Å²) in [6.45, 7) is 5.26. The quantitative estimate of drug-likeness (QED) is 0.759. The van der Waals surface area contributed by atoms with Gasteiger partial charge in [-0.25, -0.2) is 4.79 Å². The van der Waals surface area contributed by atoms with Gasteiger partial charge in [-0.05, 0) is 72.7 Å². The van der Waals surface area contributed by atoms with Crippen molar-refractivity contribution in [1.29, 1.82) is 0 Å². The first-order chi connectivity index (χ1) is 12.4. The zero-order chi connectivity index (χ0) is 18.5. The zero-order valence-corrected chi connectivity index (χ0v) is 16.6. The summed E-state index contributed by atoms with van der Waals surface area (Å²) in [6, 6.07) is 6.66. The molecule has 0 saturated heterocycles. The van der Waals surface area contributed by atoms with Crippen LogP contribution in [0.1, 0.15) is 71.0 Å². The lowest BCUT2D eigenvalue weighted by Gasteiger charge is -2.29. The number of rotatable bonds is 5. The Morgan fingerprint density at radius 2 is 2.12 bits per heavy atom. The lowest BCUT2D eigenvalue weighted by Crippen LogP contribution is -2.22. The number of benzene rings is 1. The Kier molecular flexibility index (Phi) is 4.44. The number of aryl methyl sites for hydroxylation is 1. The van der Waals surface area contributed by atoms with Crippen LogP contribution in [0.3, 0.4) is 0 Å². The van der Waals surface area contributed by atoms with E-state index in [1.807, 2.05) is 7.05 Å². The van der Waals surface area contributed by atoms with Crippen LogP contribution in [0, 0.1) is 5.41 Å². The normalized spacial score (nSPS) is 18.6. The largest absolute Gasteiger partial charge is 0.478 e. The predicted molar refractivity (Wildman–Crippen MR) is 107 cm³/mol. The van der Waals surface area contributed by atoms with Crippen molar-refractivity contribution in [2.24, 2.45) is 5.41 Å². The van der Waals surface area contributed by atoms with E-state index in [0.29, 0.717) is 11.5 Å². The number of aromatic carboxylic acids is 1. The first kappa shape index (κ1) is 17.7. The highest BCUT2D eigenvalue weighted by Gasteiger charge is 2.33. The number of fused-ring (bicyclic) bond motifs is 1. The summed E-state index contributed by atoms with van der Waals surface area (Å²) in [4.78, 5) is 14.4. The van der Waals surface area contributed by atoms with Gasteiger partial charge in [0.25, 0.3) is 0 Å². The Hall–Kier alpha value is -1.65. The molecule has 1 heterocycles. The van der Waals surface area contributed by atoms with Crippen LogP contribution in [0.25, 0.3) is 10.4 Å². The van der Waals surface area contributed by atoms with Crippen molar-refractivity contribution in [3.8, 4) is 10.4 Å². The molecule has 4 heteroatoms. The van der Waals surface area contributed by atoms with Crippen LogP contribution in [-0.2, 0) is 19.4 Å². The molecule has 138 valence electrons. The molecule has 1 aromatic carbocycles. The minimum Gasteiger partial charge on any atom is -0.478 e. The lowest BCUT2D eigenvalue weighted by molar-refractivity contribution is 0.0696. The fraction of sp³-hybridized carbons (Fsp3) is 0.500. The number of carboxylic acid groups (broad SMARTS) is 1. The van der Waals surface area contributed by atoms with Gasteiger partial charge in [-0.1, -0.05) is 32.0 Å². The summed E-state index contributed by atoms with van der Waals surface area (Å²) in [6.07, 6.45) is 5.54. The van der Waals surface area contributed by atoms with Crippen molar-refractivity contribution in [2.75, 3.05) is 7.05 Å². The molecule has 3 nitrogen and oxygen atoms in total. The van der Waals surface area contributed by atoms with E-state index in [1.165, 1.54) is 28.8 Å². The maximum atomic E-state index is 12.2. The summed E-state index contributed by atoms with van der Waals surface area (Å²) in [7, 11) is 1.95. The first-order valence-corrected chi connectivity index (χ1v) is 10.4. The molecule has 4 rings (SSSR count). The maximum absolute atomic E-state index is 12.2. The summed E-state index contributed by atoms with van der Waals surface area (Å²) in [5, 5.41) is 13.3. The molecule has 1 saturated carbocycles. The molecule has 0 amide bonds. The monoisotopic (exact) mass is 369 g/mol. The minimum absolute atomic E-state index is 0.180. The second kappa shape index (κ2) is 6.50. The Balaban J connectivity index is 1.85. The highest BCUT2D eigenvalue weighted by molar-refractivity contribution is 7.16. The van der Waals surface area contributed by atoms with Crippen LogP contribution >= 0.6 is 11.3 Å². The Labute approximate surface area is 159 Å². The molecule has 0 radical (unpaired) electrons. The molecule has 1 fully saturated rings. The average molecular weight is 370 g/mol. The molecule has 2 aliphatic carbocycles. The molecule has 0 aliphatic heterocycles. The third-order valence-corrected chi connectivity index (χ3v) is 7.10. The number of carbonyl (C=O) groups is 1. The predicted octanol–water partition coefficient (Wildman–Crippen LogP) is 5.23. The molecule has 2 aliphatic rings. The van der Waals surface area contributed by atoms with E-state index in [1.54, 1.807) is 11.3 Å². The van der Waals surface area contributed by atoms with Gasteiger partial charge in [-0.3, -0.25) is 0 Å². The third kappa shape index (κ3) is 3.21. The SMILES string of the molecule is CNCc1cc(C2CC2)ccc1-c1sc2c(c1C(=O)O)CC(C)(C)CC2. The molecular weight excluding hydrogens is 342 g/mol. The van der Waals surface area contributed by atoms with Gasteiger partial charge in [0.2, 0.25) is 0 Å². The van der Waals surface area contributed by atoms with E-state index in [4.69, 9.17) is 0 Å². The van der Waals surface area contributed by atoms with Gasteiger partial charge in [0.1, 0.15) is 0 Å². The molecule has 1 aromatic heterocycles. The van der Waals surface area contributed by atoms with Crippen LogP contribution in [0.5, 0.6) is 0 Å². The van der Waals surface area contributed by atoms with E-state index in [2.05, 4.69) is 37.4 Å². The number of hydrogen-bond acceptors (Lipinski definition) is 3. The van der Waals surface area contributed by atoms with E-state index in [9.17, 15) is 9.90 Å². The molecule has 2 aromatic rings. The molecule has 26 heavy (non-hydrogen) atoms. The molecule has 0 bridgehead atoms. The van der Waals surface area contributed by atoms with Crippen molar-refractivity contribution in [3.63, 3.8) is 0 Å². The van der Waals surface area contributed by atoms with E-state index < -0.39 is 5.97 Å². The van der Waals surface area contributed by atoms with E-state index in [0.717, 1.165) is 41.8 Å². The smallest absolute Gasteiger partial charge is 0.337 e. The fourth-order valence-electron chi connectivity index (χ4n) is 4.18. The zero-order valence-electron chi connectivity index (χ0n) is 15.8. The number of hydrogen-bond donors (Lipinski definition) is 2. The molecule has 0 atom stereocenters. The average Bonchev–Trinajstić information content (AvgIpc) is 3.35. The Morgan fingerprint density at radius 3 is 2.77 bits per heavy atom. The van der Waals surface area contributed by atoms with Gasteiger partial charge in [-0.15, -0.1) is 11.3 Å². The van der Waals surface area contributed by atoms with Gasteiger partial charge in [0, 0.05) is 16.3 Å². The van der Waals surface area contributed by atoms with Gasteiger partial charge >= 0.3 is 5.97 Å². The van der Waals surface area contributed by atoms with Crippen molar-refractivity contribution in [2.45, 2.75) is 58.4 Å².